The van der Waals surface area contributed by atoms with Crippen molar-refractivity contribution in [3.63, 3.8) is 0 Å². The molecule has 0 saturated heterocycles. The monoisotopic (exact) mass is 298 g/mol. The average Bonchev–Trinajstić information content (AvgIpc) is 3.04. The Balaban J connectivity index is 1.85. The minimum atomic E-state index is -0.312. The van der Waals surface area contributed by atoms with Crippen molar-refractivity contribution < 1.29 is 4.79 Å². The van der Waals surface area contributed by atoms with Gasteiger partial charge in [0.2, 0.25) is 0 Å². The zero-order valence-electron chi connectivity index (χ0n) is 10.9. The van der Waals surface area contributed by atoms with E-state index >= 15 is 0 Å². The highest BCUT2D eigenvalue weighted by molar-refractivity contribution is 6.33. The van der Waals surface area contributed by atoms with E-state index in [2.05, 4.69) is 20.5 Å². The van der Waals surface area contributed by atoms with Crippen LogP contribution in [-0.4, -0.2) is 21.1 Å². The number of amides is 1. The first-order chi connectivity index (χ1) is 10.2. The van der Waals surface area contributed by atoms with E-state index in [4.69, 9.17) is 11.6 Å². The first-order valence-corrected chi connectivity index (χ1v) is 6.64. The molecule has 0 aliphatic carbocycles. The number of pyridine rings is 1. The number of benzene rings is 1. The summed E-state index contributed by atoms with van der Waals surface area (Å²) >= 11 is 6.02. The number of aromatic nitrogens is 3. The fraction of sp³-hybridized carbons (Fsp3) is 0. The zero-order valence-corrected chi connectivity index (χ0v) is 11.6. The highest BCUT2D eigenvalue weighted by Gasteiger charge is 2.11. The fourth-order valence-corrected chi connectivity index (χ4v) is 2.04. The second kappa shape index (κ2) is 5.76. The number of aromatic amines is 1. The summed E-state index contributed by atoms with van der Waals surface area (Å²) in [4.78, 5) is 16.6. The van der Waals surface area contributed by atoms with Crippen LogP contribution < -0.4 is 5.32 Å². The summed E-state index contributed by atoms with van der Waals surface area (Å²) in [6.45, 7) is 0. The molecule has 2 heterocycles. The maximum Gasteiger partial charge on any atom is 0.274 e. The number of carbonyl (C=O) groups is 1. The zero-order chi connectivity index (χ0) is 14.7. The van der Waals surface area contributed by atoms with Crippen molar-refractivity contribution in [1.29, 1.82) is 0 Å². The standard InChI is InChI=1S/C15H11ClN4O/c16-11-4-1-2-5-13(11)20-15(21)14-7-3-6-12(19-14)10-8-17-18-9-10/h1-9H,(H,17,18)(H,20,21). The van der Waals surface area contributed by atoms with E-state index < -0.39 is 0 Å². The van der Waals surface area contributed by atoms with Gasteiger partial charge < -0.3 is 5.32 Å². The predicted molar refractivity (Wildman–Crippen MR) is 81.2 cm³/mol. The van der Waals surface area contributed by atoms with Crippen LogP contribution in [0.4, 0.5) is 5.69 Å². The van der Waals surface area contributed by atoms with Crippen LogP contribution in [0.2, 0.25) is 5.02 Å². The van der Waals surface area contributed by atoms with Crippen LogP contribution in [-0.2, 0) is 0 Å². The Morgan fingerprint density at radius 1 is 1.14 bits per heavy atom. The fourth-order valence-electron chi connectivity index (χ4n) is 1.86. The molecule has 0 bridgehead atoms. The number of rotatable bonds is 3. The van der Waals surface area contributed by atoms with Gasteiger partial charge in [-0.1, -0.05) is 29.8 Å². The number of nitrogens with one attached hydrogen (secondary N) is 2. The predicted octanol–water partition coefficient (Wildman–Crippen LogP) is 3.38. The quantitative estimate of drug-likeness (QED) is 0.778. The van der Waals surface area contributed by atoms with Gasteiger partial charge in [0.1, 0.15) is 5.69 Å². The molecular formula is C15H11ClN4O. The van der Waals surface area contributed by atoms with Crippen molar-refractivity contribution in [2.45, 2.75) is 0 Å². The second-order valence-corrected chi connectivity index (χ2v) is 4.74. The van der Waals surface area contributed by atoms with Crippen LogP contribution in [0.5, 0.6) is 0 Å². The Labute approximate surface area is 126 Å². The van der Waals surface area contributed by atoms with Gasteiger partial charge in [0.15, 0.2) is 0 Å². The molecule has 104 valence electrons. The summed E-state index contributed by atoms with van der Waals surface area (Å²) < 4.78 is 0. The molecule has 1 amide bonds. The molecule has 6 heteroatoms. The van der Waals surface area contributed by atoms with E-state index in [1.54, 1.807) is 48.8 Å². The van der Waals surface area contributed by atoms with Crippen LogP contribution in [0.15, 0.2) is 54.9 Å². The maximum absolute atomic E-state index is 12.2. The molecule has 0 aliphatic rings. The van der Waals surface area contributed by atoms with E-state index in [-0.39, 0.29) is 5.91 Å². The van der Waals surface area contributed by atoms with Gasteiger partial charge in [0.05, 0.1) is 22.6 Å². The summed E-state index contributed by atoms with van der Waals surface area (Å²) in [6.07, 6.45) is 3.37. The molecule has 0 unspecified atom stereocenters. The lowest BCUT2D eigenvalue weighted by atomic mass is 10.2. The summed E-state index contributed by atoms with van der Waals surface area (Å²) in [5, 5.41) is 9.81. The van der Waals surface area contributed by atoms with Crippen LogP contribution in [0, 0.1) is 0 Å². The number of hydrogen-bond donors (Lipinski definition) is 2. The summed E-state index contributed by atoms with van der Waals surface area (Å²) in [5.74, 6) is -0.312. The lowest BCUT2D eigenvalue weighted by molar-refractivity contribution is 0.102. The molecule has 21 heavy (non-hydrogen) atoms. The smallest absolute Gasteiger partial charge is 0.274 e. The molecule has 0 fully saturated rings. The number of nitrogens with zero attached hydrogens (tertiary/aromatic N) is 2. The van der Waals surface area contributed by atoms with Crippen molar-refractivity contribution in [2.24, 2.45) is 0 Å². The molecule has 3 aromatic rings. The van der Waals surface area contributed by atoms with Gasteiger partial charge in [-0.15, -0.1) is 0 Å². The minimum absolute atomic E-state index is 0.312. The molecule has 0 saturated carbocycles. The number of hydrogen-bond acceptors (Lipinski definition) is 3. The molecule has 1 aromatic carbocycles. The van der Waals surface area contributed by atoms with Gasteiger partial charge in [-0.25, -0.2) is 4.98 Å². The van der Waals surface area contributed by atoms with Gasteiger partial charge in [-0.2, -0.15) is 5.10 Å². The van der Waals surface area contributed by atoms with Gasteiger partial charge >= 0.3 is 0 Å². The molecule has 0 radical (unpaired) electrons. The SMILES string of the molecule is O=C(Nc1ccccc1Cl)c1cccc(-c2cn[nH]c2)n1. The molecular weight excluding hydrogens is 288 g/mol. The topological polar surface area (TPSA) is 70.7 Å². The van der Waals surface area contributed by atoms with Crippen LogP contribution in [0.3, 0.4) is 0 Å². The van der Waals surface area contributed by atoms with Crippen molar-refractivity contribution in [3.05, 3.63) is 65.6 Å². The number of H-pyrrole nitrogens is 1. The Morgan fingerprint density at radius 2 is 2.00 bits per heavy atom. The van der Waals surface area contributed by atoms with Gasteiger partial charge in [0.25, 0.3) is 5.91 Å². The Hall–Kier alpha value is -2.66. The first kappa shape index (κ1) is 13.3. The van der Waals surface area contributed by atoms with Crippen LogP contribution in [0.1, 0.15) is 10.5 Å². The Kier molecular flexibility index (Phi) is 3.66. The highest BCUT2D eigenvalue weighted by Crippen LogP contribution is 2.21. The highest BCUT2D eigenvalue weighted by atomic mass is 35.5. The molecule has 0 spiro atoms. The molecule has 2 aromatic heterocycles. The number of anilines is 1. The molecule has 0 atom stereocenters. The number of halogens is 1. The minimum Gasteiger partial charge on any atom is -0.319 e. The van der Waals surface area contributed by atoms with Gasteiger partial charge in [-0.3, -0.25) is 9.89 Å². The van der Waals surface area contributed by atoms with Gasteiger partial charge in [0, 0.05) is 11.8 Å². The third kappa shape index (κ3) is 2.93. The largest absolute Gasteiger partial charge is 0.319 e. The summed E-state index contributed by atoms with van der Waals surface area (Å²) in [5.41, 5.74) is 2.37. The summed E-state index contributed by atoms with van der Waals surface area (Å²) in [6, 6.07) is 12.3. The van der Waals surface area contributed by atoms with E-state index in [1.165, 1.54) is 0 Å². The number of carbonyl (C=O) groups excluding carboxylic acids is 1. The van der Waals surface area contributed by atoms with Gasteiger partial charge in [-0.05, 0) is 24.3 Å². The van der Waals surface area contributed by atoms with Crippen molar-refractivity contribution in [1.82, 2.24) is 15.2 Å². The Bertz CT molecular complexity index is 771. The molecule has 3 rings (SSSR count). The van der Waals surface area contributed by atoms with Crippen molar-refractivity contribution in [2.75, 3.05) is 5.32 Å². The molecule has 0 aliphatic heterocycles. The molecule has 2 N–H and O–H groups in total. The van der Waals surface area contributed by atoms with E-state index in [0.29, 0.717) is 22.1 Å². The van der Waals surface area contributed by atoms with E-state index in [9.17, 15) is 4.79 Å². The third-order valence-corrected chi connectivity index (χ3v) is 3.23. The third-order valence-electron chi connectivity index (χ3n) is 2.90. The van der Waals surface area contributed by atoms with E-state index in [1.807, 2.05) is 6.07 Å². The second-order valence-electron chi connectivity index (χ2n) is 4.33. The Morgan fingerprint density at radius 3 is 2.76 bits per heavy atom. The first-order valence-electron chi connectivity index (χ1n) is 6.26. The van der Waals surface area contributed by atoms with Crippen LogP contribution >= 0.6 is 11.6 Å². The normalized spacial score (nSPS) is 10.3. The lowest BCUT2D eigenvalue weighted by Crippen LogP contribution is -2.14. The molecule has 5 nitrogen and oxygen atoms in total. The average molecular weight is 299 g/mol. The van der Waals surface area contributed by atoms with E-state index in [0.717, 1.165) is 5.56 Å². The maximum atomic E-state index is 12.2. The van der Waals surface area contributed by atoms with Crippen molar-refractivity contribution >= 4 is 23.2 Å². The number of para-hydroxylation sites is 1. The summed E-state index contributed by atoms with van der Waals surface area (Å²) in [7, 11) is 0. The lowest BCUT2D eigenvalue weighted by Gasteiger charge is -2.07. The van der Waals surface area contributed by atoms with Crippen molar-refractivity contribution in [3.8, 4) is 11.3 Å². The van der Waals surface area contributed by atoms with Crippen LogP contribution in [0.25, 0.3) is 11.3 Å².